The summed E-state index contributed by atoms with van der Waals surface area (Å²) in [4.78, 5) is 12.5. The summed E-state index contributed by atoms with van der Waals surface area (Å²) in [5.74, 6) is 0.991. The SMILES string of the molecule is C=C(Oc1c(C)ccc(C)c1OC(=O)c1ccccc1)c1ccccc1. The van der Waals surface area contributed by atoms with E-state index in [2.05, 4.69) is 6.58 Å². The van der Waals surface area contributed by atoms with Crippen LogP contribution in [0.5, 0.6) is 11.5 Å². The molecule has 3 heteroatoms. The molecule has 0 atom stereocenters. The maximum atomic E-state index is 12.5. The van der Waals surface area contributed by atoms with Gasteiger partial charge in [-0.2, -0.15) is 0 Å². The van der Waals surface area contributed by atoms with E-state index < -0.39 is 5.97 Å². The van der Waals surface area contributed by atoms with Gasteiger partial charge in [-0.15, -0.1) is 0 Å². The van der Waals surface area contributed by atoms with Crippen LogP contribution < -0.4 is 9.47 Å². The molecule has 0 amide bonds. The Labute approximate surface area is 153 Å². The molecule has 0 aromatic heterocycles. The molecule has 0 heterocycles. The van der Waals surface area contributed by atoms with E-state index in [0.29, 0.717) is 22.8 Å². The normalized spacial score (nSPS) is 10.2. The van der Waals surface area contributed by atoms with Crippen LogP contribution >= 0.6 is 0 Å². The van der Waals surface area contributed by atoms with E-state index in [1.54, 1.807) is 24.3 Å². The van der Waals surface area contributed by atoms with Crippen molar-refractivity contribution in [3.63, 3.8) is 0 Å². The predicted octanol–water partition coefficient (Wildman–Crippen LogP) is 5.57. The summed E-state index contributed by atoms with van der Waals surface area (Å²) in [5, 5.41) is 0. The highest BCUT2D eigenvalue weighted by atomic mass is 16.6. The van der Waals surface area contributed by atoms with Gasteiger partial charge in [0.2, 0.25) is 0 Å². The molecule has 3 rings (SSSR count). The largest absolute Gasteiger partial charge is 0.453 e. The first kappa shape index (κ1) is 17.5. The summed E-state index contributed by atoms with van der Waals surface area (Å²) in [6.07, 6.45) is 0. The number of ether oxygens (including phenoxy) is 2. The van der Waals surface area contributed by atoms with Crippen molar-refractivity contribution in [3.05, 3.63) is 102 Å². The fraction of sp³-hybridized carbons (Fsp3) is 0.0870. The summed E-state index contributed by atoms with van der Waals surface area (Å²) < 4.78 is 11.7. The Morgan fingerprint density at radius 3 is 1.69 bits per heavy atom. The third-order valence-electron chi connectivity index (χ3n) is 4.03. The summed E-state index contributed by atoms with van der Waals surface area (Å²) in [7, 11) is 0. The molecule has 0 N–H and O–H groups in total. The lowest BCUT2D eigenvalue weighted by Gasteiger charge is -2.17. The lowest BCUT2D eigenvalue weighted by Crippen LogP contribution is -2.11. The number of aryl methyl sites for hydroxylation is 2. The van der Waals surface area contributed by atoms with Crippen molar-refractivity contribution in [2.75, 3.05) is 0 Å². The van der Waals surface area contributed by atoms with Crippen molar-refractivity contribution in [1.29, 1.82) is 0 Å². The maximum Gasteiger partial charge on any atom is 0.343 e. The first-order valence-corrected chi connectivity index (χ1v) is 8.36. The van der Waals surface area contributed by atoms with Gasteiger partial charge in [-0.1, -0.05) is 67.2 Å². The number of hydrogen-bond donors (Lipinski definition) is 0. The predicted molar refractivity (Wildman–Crippen MR) is 103 cm³/mol. The molecule has 0 saturated carbocycles. The van der Waals surface area contributed by atoms with Crippen LogP contribution in [0.1, 0.15) is 27.0 Å². The molecule has 0 saturated heterocycles. The van der Waals surface area contributed by atoms with Gasteiger partial charge in [-0.25, -0.2) is 4.79 Å². The van der Waals surface area contributed by atoms with E-state index >= 15 is 0 Å². The monoisotopic (exact) mass is 344 g/mol. The molecule has 0 aliphatic heterocycles. The van der Waals surface area contributed by atoms with E-state index in [-0.39, 0.29) is 0 Å². The molecule has 0 fully saturated rings. The van der Waals surface area contributed by atoms with Gasteiger partial charge in [0.25, 0.3) is 0 Å². The van der Waals surface area contributed by atoms with Crippen LogP contribution in [0.25, 0.3) is 5.76 Å². The Morgan fingerprint density at radius 2 is 1.15 bits per heavy atom. The van der Waals surface area contributed by atoms with Crippen LogP contribution in [0.4, 0.5) is 0 Å². The second-order valence-corrected chi connectivity index (χ2v) is 6.00. The highest BCUT2D eigenvalue weighted by Crippen LogP contribution is 2.37. The van der Waals surface area contributed by atoms with E-state index in [0.717, 1.165) is 16.7 Å². The Kier molecular flexibility index (Phi) is 5.18. The smallest absolute Gasteiger partial charge is 0.343 e. The van der Waals surface area contributed by atoms with Crippen LogP contribution in [0, 0.1) is 13.8 Å². The fourth-order valence-electron chi connectivity index (χ4n) is 2.55. The van der Waals surface area contributed by atoms with E-state index in [4.69, 9.17) is 9.47 Å². The Hall–Kier alpha value is -3.33. The van der Waals surface area contributed by atoms with Gasteiger partial charge in [-0.05, 0) is 37.1 Å². The number of rotatable bonds is 5. The quantitative estimate of drug-likeness (QED) is 0.345. The van der Waals surface area contributed by atoms with Gasteiger partial charge >= 0.3 is 5.97 Å². The lowest BCUT2D eigenvalue weighted by atomic mass is 10.1. The van der Waals surface area contributed by atoms with Gasteiger partial charge in [0.1, 0.15) is 5.76 Å². The molecule has 0 spiro atoms. The number of esters is 1. The fourth-order valence-corrected chi connectivity index (χ4v) is 2.55. The van der Waals surface area contributed by atoms with Gasteiger partial charge in [0, 0.05) is 5.56 Å². The van der Waals surface area contributed by atoms with Crippen molar-refractivity contribution in [2.24, 2.45) is 0 Å². The molecule has 0 unspecified atom stereocenters. The van der Waals surface area contributed by atoms with Crippen molar-refractivity contribution in [1.82, 2.24) is 0 Å². The zero-order chi connectivity index (χ0) is 18.5. The topological polar surface area (TPSA) is 35.5 Å². The summed E-state index contributed by atoms with van der Waals surface area (Å²) in [5.41, 5.74) is 3.04. The Morgan fingerprint density at radius 1 is 0.692 bits per heavy atom. The van der Waals surface area contributed by atoms with E-state index in [1.165, 1.54) is 0 Å². The molecule has 26 heavy (non-hydrogen) atoms. The first-order valence-electron chi connectivity index (χ1n) is 8.36. The minimum absolute atomic E-state index is 0.413. The second-order valence-electron chi connectivity index (χ2n) is 6.00. The van der Waals surface area contributed by atoms with Crippen LogP contribution in [0.3, 0.4) is 0 Å². The third kappa shape index (κ3) is 3.83. The van der Waals surface area contributed by atoms with Crippen molar-refractivity contribution < 1.29 is 14.3 Å². The maximum absolute atomic E-state index is 12.5. The average Bonchev–Trinajstić information content (AvgIpc) is 2.68. The third-order valence-corrected chi connectivity index (χ3v) is 4.03. The Balaban J connectivity index is 1.92. The standard InChI is InChI=1S/C23H20O3/c1-16-14-15-17(2)22(26-23(24)20-12-8-5-9-13-20)21(16)25-18(3)19-10-6-4-7-11-19/h4-15H,3H2,1-2H3. The number of hydrogen-bond acceptors (Lipinski definition) is 3. The number of carbonyl (C=O) groups excluding carboxylic acids is 1. The lowest BCUT2D eigenvalue weighted by molar-refractivity contribution is 0.0729. The zero-order valence-corrected chi connectivity index (χ0v) is 14.9. The summed E-state index contributed by atoms with van der Waals surface area (Å²) in [6, 6.07) is 22.3. The first-order chi connectivity index (χ1) is 12.6. The molecule has 0 aliphatic carbocycles. The zero-order valence-electron chi connectivity index (χ0n) is 14.9. The number of benzene rings is 3. The van der Waals surface area contributed by atoms with Crippen LogP contribution in [0.15, 0.2) is 79.4 Å². The van der Waals surface area contributed by atoms with Gasteiger partial charge in [0.15, 0.2) is 11.5 Å². The van der Waals surface area contributed by atoms with E-state index in [1.807, 2.05) is 62.4 Å². The molecule has 130 valence electrons. The Bertz CT molecular complexity index is 850. The molecule has 3 aromatic carbocycles. The number of carbonyl (C=O) groups is 1. The van der Waals surface area contributed by atoms with Crippen molar-refractivity contribution in [2.45, 2.75) is 13.8 Å². The molecular weight excluding hydrogens is 324 g/mol. The molecule has 0 aliphatic rings. The van der Waals surface area contributed by atoms with E-state index in [9.17, 15) is 4.79 Å². The molecule has 0 bridgehead atoms. The highest BCUT2D eigenvalue weighted by molar-refractivity contribution is 5.91. The second kappa shape index (κ2) is 7.70. The van der Waals surface area contributed by atoms with Crippen LogP contribution in [-0.4, -0.2) is 5.97 Å². The molecular formula is C23H20O3. The summed E-state index contributed by atoms with van der Waals surface area (Å²) in [6.45, 7) is 7.80. The molecule has 0 radical (unpaired) electrons. The minimum Gasteiger partial charge on any atom is -0.453 e. The van der Waals surface area contributed by atoms with Gasteiger partial charge < -0.3 is 9.47 Å². The minimum atomic E-state index is -0.422. The molecule has 3 nitrogen and oxygen atoms in total. The highest BCUT2D eigenvalue weighted by Gasteiger charge is 2.18. The van der Waals surface area contributed by atoms with Crippen molar-refractivity contribution in [3.8, 4) is 11.5 Å². The van der Waals surface area contributed by atoms with Crippen molar-refractivity contribution >= 4 is 11.7 Å². The summed E-state index contributed by atoms with van der Waals surface area (Å²) >= 11 is 0. The van der Waals surface area contributed by atoms with Gasteiger partial charge in [0.05, 0.1) is 5.56 Å². The van der Waals surface area contributed by atoms with Gasteiger partial charge in [-0.3, -0.25) is 0 Å². The van der Waals surface area contributed by atoms with Crippen LogP contribution in [-0.2, 0) is 0 Å². The molecule has 3 aromatic rings. The average molecular weight is 344 g/mol. The van der Waals surface area contributed by atoms with Crippen LogP contribution in [0.2, 0.25) is 0 Å².